The fraction of sp³-hybridized carbons (Fsp3) is 0. The van der Waals surface area contributed by atoms with E-state index in [4.69, 9.17) is 0 Å². The van der Waals surface area contributed by atoms with Crippen LogP contribution in [0.2, 0.25) is 0 Å². The second-order valence-electron chi connectivity index (χ2n) is 15.1. The third-order valence-corrected chi connectivity index (χ3v) is 12.3. The Balaban J connectivity index is 1.31. The molecule has 0 spiro atoms. The molecule has 0 N–H and O–H groups in total. The topological polar surface area (TPSA) is 9.86 Å². The first-order chi connectivity index (χ1) is 26.9. The molecule has 2 heterocycles. The molecule has 7 heteroatoms. The molecule has 0 radical (unpaired) electrons. The van der Waals surface area contributed by atoms with Gasteiger partial charge in [0.2, 0.25) is 0 Å². The fourth-order valence-electron chi connectivity index (χ4n) is 9.14. The molecule has 2 aromatic heterocycles. The van der Waals surface area contributed by atoms with E-state index in [1.54, 1.807) is 0 Å². The van der Waals surface area contributed by atoms with Crippen LogP contribution in [0, 0.1) is 0 Å². The Morgan fingerprint density at radius 1 is 0.309 bits per heavy atom. The summed E-state index contributed by atoms with van der Waals surface area (Å²) in [4.78, 5) is 0. The summed E-state index contributed by atoms with van der Waals surface area (Å²) in [5.74, 6) is 0. The highest BCUT2D eigenvalue weighted by Gasteiger charge is 2.22. The van der Waals surface area contributed by atoms with E-state index in [9.17, 15) is 0 Å². The molecule has 0 aliphatic rings. The van der Waals surface area contributed by atoms with E-state index in [1.165, 1.54) is 116 Å². The summed E-state index contributed by atoms with van der Waals surface area (Å²) in [6.45, 7) is 0. The monoisotopic (exact) mass is 696 g/mol. The van der Waals surface area contributed by atoms with E-state index in [0.29, 0.717) is 0 Å². The summed E-state index contributed by atoms with van der Waals surface area (Å²) >= 11 is 0. The van der Waals surface area contributed by atoms with Crippen LogP contribution in [0.3, 0.4) is 0 Å². The van der Waals surface area contributed by atoms with Gasteiger partial charge in [0.05, 0.1) is 22.1 Å². The molecule has 0 atom stereocenters. The number of aromatic nitrogens is 2. The first-order valence-corrected chi connectivity index (χ1v) is 19.3. The van der Waals surface area contributed by atoms with Crippen molar-refractivity contribution in [2.75, 3.05) is 0 Å². The van der Waals surface area contributed by atoms with Crippen LogP contribution in [-0.2, 0) is 0 Å². The third kappa shape index (κ3) is 5.10. The quantitative estimate of drug-likeness (QED) is 0.240. The number of benzene rings is 8. The maximum absolute atomic E-state index is 2.56. The second-order valence-corrected chi connectivity index (χ2v) is 15.1. The minimum atomic E-state index is 1.17. The van der Waals surface area contributed by atoms with Crippen LogP contribution in [0.15, 0.2) is 164 Å². The number of hydrogen-bond donors (Lipinski definition) is 0. The van der Waals surface area contributed by atoms with E-state index in [-0.39, 0.29) is 0 Å². The van der Waals surface area contributed by atoms with Gasteiger partial charge in [-0.05, 0) is 69.8 Å². The van der Waals surface area contributed by atoms with Gasteiger partial charge in [-0.15, -0.1) is 5.46 Å². The number of fused-ring (bicyclic) bond motifs is 6. The largest absolute Gasteiger partial charge is 0.310 e. The predicted octanol–water partition coefficient (Wildman–Crippen LogP) is 4.17. The lowest BCUT2D eigenvalue weighted by Crippen LogP contribution is -2.56. The molecule has 0 amide bonds. The molecule has 8 aromatic carbocycles. The van der Waals surface area contributed by atoms with Gasteiger partial charge in [0.1, 0.15) is 39.2 Å². The highest BCUT2D eigenvalue weighted by molar-refractivity contribution is 6.68. The zero-order valence-electron chi connectivity index (χ0n) is 32.0. The minimum Gasteiger partial charge on any atom is -0.310 e. The molecule has 254 valence electrons. The molecule has 0 aliphatic carbocycles. The molecule has 0 fully saturated rings. The first kappa shape index (κ1) is 33.3. The molecular weight excluding hydrogens is 659 g/mol. The highest BCUT2D eigenvalue weighted by Crippen LogP contribution is 2.43. The third-order valence-electron chi connectivity index (χ3n) is 12.3. The Hall–Kier alpha value is -6.32. The van der Waals surface area contributed by atoms with Crippen molar-refractivity contribution in [2.24, 2.45) is 0 Å². The van der Waals surface area contributed by atoms with Gasteiger partial charge in [0, 0.05) is 32.9 Å². The Morgan fingerprint density at radius 3 is 1.38 bits per heavy atom. The maximum Gasteiger partial charge on any atom is 0.141 e. The van der Waals surface area contributed by atoms with Crippen LogP contribution in [0.1, 0.15) is 0 Å². The molecular formula is C48H37B5N2. The molecule has 10 rings (SSSR count). The normalized spacial score (nSPS) is 11.6. The predicted molar refractivity (Wildman–Crippen MR) is 252 cm³/mol. The summed E-state index contributed by atoms with van der Waals surface area (Å²) in [5, 5.41) is 5.03. The smallest absolute Gasteiger partial charge is 0.141 e. The number of para-hydroxylation sites is 2. The Labute approximate surface area is 326 Å². The Morgan fingerprint density at radius 2 is 0.800 bits per heavy atom. The summed E-state index contributed by atoms with van der Waals surface area (Å²) in [7, 11) is 11.4. The van der Waals surface area contributed by atoms with Crippen molar-refractivity contribution in [1.82, 2.24) is 9.13 Å². The first-order valence-electron chi connectivity index (χ1n) is 19.3. The lowest BCUT2D eigenvalue weighted by molar-refractivity contribution is 1.18. The molecule has 0 saturated carbocycles. The molecule has 0 bridgehead atoms. The molecule has 10 aromatic rings. The van der Waals surface area contributed by atoms with Gasteiger partial charge in [0.15, 0.2) is 0 Å². The van der Waals surface area contributed by atoms with Gasteiger partial charge in [-0.2, -0.15) is 0 Å². The van der Waals surface area contributed by atoms with Crippen LogP contribution >= 0.6 is 0 Å². The molecule has 0 unspecified atom stereocenters. The van der Waals surface area contributed by atoms with Crippen molar-refractivity contribution in [3.63, 3.8) is 0 Å². The molecule has 55 heavy (non-hydrogen) atoms. The summed E-state index contributed by atoms with van der Waals surface area (Å²) in [6, 6.07) is 60.2. The van der Waals surface area contributed by atoms with Crippen molar-refractivity contribution in [1.29, 1.82) is 0 Å². The summed E-state index contributed by atoms with van der Waals surface area (Å²) in [5.41, 5.74) is 21.4. The van der Waals surface area contributed by atoms with Crippen molar-refractivity contribution in [3.8, 4) is 44.8 Å². The van der Waals surface area contributed by atoms with Gasteiger partial charge < -0.3 is 9.13 Å². The highest BCUT2D eigenvalue weighted by atomic mass is 15.0. The van der Waals surface area contributed by atoms with Crippen LogP contribution in [0.25, 0.3) is 88.4 Å². The minimum absolute atomic E-state index is 1.17. The van der Waals surface area contributed by atoms with Gasteiger partial charge in [-0.3, -0.25) is 0 Å². The van der Waals surface area contributed by atoms with E-state index in [0.717, 1.165) is 0 Å². The van der Waals surface area contributed by atoms with Crippen LogP contribution in [-0.4, -0.2) is 48.4 Å². The van der Waals surface area contributed by atoms with Crippen LogP contribution in [0.5, 0.6) is 0 Å². The molecule has 0 aliphatic heterocycles. The summed E-state index contributed by atoms with van der Waals surface area (Å²) < 4.78 is 4.99. The number of rotatable bonds is 5. The zero-order chi connectivity index (χ0) is 37.4. The second kappa shape index (κ2) is 12.9. The van der Waals surface area contributed by atoms with E-state index < -0.39 is 0 Å². The van der Waals surface area contributed by atoms with Crippen LogP contribution < -0.4 is 27.3 Å². The summed E-state index contributed by atoms with van der Waals surface area (Å²) in [6.07, 6.45) is 0. The van der Waals surface area contributed by atoms with Gasteiger partial charge >= 0.3 is 0 Å². The molecule has 0 saturated heterocycles. The van der Waals surface area contributed by atoms with Gasteiger partial charge in [0.25, 0.3) is 0 Å². The van der Waals surface area contributed by atoms with Crippen LogP contribution in [0.4, 0.5) is 0 Å². The zero-order valence-corrected chi connectivity index (χ0v) is 32.0. The van der Waals surface area contributed by atoms with E-state index in [2.05, 4.69) is 212 Å². The van der Waals surface area contributed by atoms with Crippen molar-refractivity contribution < 1.29 is 0 Å². The average Bonchev–Trinajstić information content (AvgIpc) is 3.74. The van der Waals surface area contributed by atoms with E-state index >= 15 is 0 Å². The van der Waals surface area contributed by atoms with Gasteiger partial charge in [-0.1, -0.05) is 149 Å². The molecule has 2 nitrogen and oxygen atoms in total. The van der Waals surface area contributed by atoms with Crippen molar-refractivity contribution >= 4 is 110 Å². The number of nitrogens with zero attached hydrogens (tertiary/aromatic N) is 2. The standard InChI is InChI=1S/C48H37B5N2/c49-43-44(50)46(52)48(47(53)45(43)51)55-40-25-23-31(54-38-20-9-7-16-34(38)35-17-8-10-21-39(35)54)27-37(40)36-24-22-30(26-41(36)55)42-32(28-12-3-1-4-13-28)18-11-19-33(42)29-14-5-2-6-15-29/h1-27H,49-53H2. The van der Waals surface area contributed by atoms with Crippen molar-refractivity contribution in [3.05, 3.63) is 164 Å². The lowest BCUT2D eigenvalue weighted by atomic mass is 9.61. The maximum atomic E-state index is 2.56. The lowest BCUT2D eigenvalue weighted by Gasteiger charge is -2.23. The Kier molecular flexibility index (Phi) is 7.82. The fourth-order valence-corrected chi connectivity index (χ4v) is 9.14. The number of hydrogen-bond acceptors (Lipinski definition) is 0. The van der Waals surface area contributed by atoms with Crippen molar-refractivity contribution in [2.45, 2.75) is 0 Å². The van der Waals surface area contributed by atoms with Gasteiger partial charge in [-0.25, -0.2) is 0 Å². The van der Waals surface area contributed by atoms with E-state index in [1.807, 2.05) is 0 Å². The Bertz CT molecular complexity index is 3000. The average molecular weight is 696 g/mol. The SMILES string of the molecule is Bc1c(B)c(B)c(-n2c3ccc(-n4c5ccccc5c5ccccc54)cc3c3ccc(-c4c(-c5ccccc5)cccc4-c4ccccc4)cc32)c(B)c1B.